The number of sulfonamides is 2. The number of para-hydroxylation sites is 2. The van der Waals surface area contributed by atoms with E-state index in [9.17, 15) is 16.8 Å². The smallest absolute Gasteiger partial charge is 0.262 e. The minimum absolute atomic E-state index is 0.107. The fourth-order valence-electron chi connectivity index (χ4n) is 3.68. The fourth-order valence-corrected chi connectivity index (χ4v) is 6.83. The fraction of sp³-hybridized carbons (Fsp3) is 0.429. The van der Waals surface area contributed by atoms with Crippen LogP contribution in [0.15, 0.2) is 41.3 Å². The number of anilines is 2. The number of nitrogens with one attached hydrogen (secondary N) is 1. The van der Waals surface area contributed by atoms with Crippen molar-refractivity contribution in [3.8, 4) is 5.75 Å². The van der Waals surface area contributed by atoms with Gasteiger partial charge in [0.2, 0.25) is 10.0 Å². The summed E-state index contributed by atoms with van der Waals surface area (Å²) in [7, 11) is -7.28. The number of hydrogen-bond donors (Lipinski definition) is 1. The molecule has 0 aromatic heterocycles. The van der Waals surface area contributed by atoms with Gasteiger partial charge < -0.3 is 4.74 Å². The van der Waals surface area contributed by atoms with Gasteiger partial charge in [0.15, 0.2) is 0 Å². The van der Waals surface area contributed by atoms with Gasteiger partial charge in [-0.05, 0) is 75.9 Å². The van der Waals surface area contributed by atoms with Crippen molar-refractivity contribution < 1.29 is 21.6 Å². The molecule has 1 heterocycles. The Labute approximate surface area is 179 Å². The minimum atomic E-state index is -3.91. The topological polar surface area (TPSA) is 92.8 Å². The van der Waals surface area contributed by atoms with E-state index in [1.54, 1.807) is 50.2 Å². The lowest BCUT2D eigenvalue weighted by molar-refractivity contribution is 0.244. The molecule has 0 radical (unpaired) electrons. The van der Waals surface area contributed by atoms with Gasteiger partial charge in [-0.25, -0.2) is 16.8 Å². The van der Waals surface area contributed by atoms with Gasteiger partial charge in [-0.2, -0.15) is 0 Å². The molecule has 0 amide bonds. The molecule has 0 saturated carbocycles. The summed E-state index contributed by atoms with van der Waals surface area (Å²) in [6.45, 7) is 7.50. The maximum absolute atomic E-state index is 13.2. The van der Waals surface area contributed by atoms with Gasteiger partial charge in [0.1, 0.15) is 5.75 Å². The first-order valence-electron chi connectivity index (χ1n) is 9.91. The number of aryl methyl sites for hydroxylation is 2. The van der Waals surface area contributed by atoms with Gasteiger partial charge in [0.25, 0.3) is 10.0 Å². The van der Waals surface area contributed by atoms with Gasteiger partial charge in [0.05, 0.1) is 28.1 Å². The van der Waals surface area contributed by atoms with Crippen molar-refractivity contribution in [2.45, 2.75) is 51.5 Å². The predicted octanol–water partition coefficient (Wildman–Crippen LogP) is 3.82. The van der Waals surface area contributed by atoms with Gasteiger partial charge in [-0.15, -0.1) is 0 Å². The van der Waals surface area contributed by atoms with Crippen molar-refractivity contribution in [2.24, 2.45) is 0 Å². The van der Waals surface area contributed by atoms with Crippen molar-refractivity contribution in [1.82, 2.24) is 0 Å². The molecule has 1 saturated heterocycles. The average molecular weight is 453 g/mol. The zero-order chi connectivity index (χ0) is 22.1. The van der Waals surface area contributed by atoms with Gasteiger partial charge in [-0.3, -0.25) is 9.03 Å². The van der Waals surface area contributed by atoms with E-state index < -0.39 is 20.0 Å². The Balaban J connectivity index is 1.98. The second-order valence-electron chi connectivity index (χ2n) is 7.77. The zero-order valence-corrected chi connectivity index (χ0v) is 19.3. The van der Waals surface area contributed by atoms with E-state index in [1.165, 1.54) is 4.31 Å². The van der Waals surface area contributed by atoms with Crippen LogP contribution in [0.3, 0.4) is 0 Å². The Kier molecular flexibility index (Phi) is 6.33. The maximum atomic E-state index is 13.2. The standard InChI is InChI=1S/C21H28N2O5S2/c1-15(2)28-20-10-6-5-9-19(20)22-30(26,27)21-16(3)13-18(14-17(21)4)23-11-7-8-12-29(23,24)25/h5-6,9-10,13-15,22H,7-8,11-12H2,1-4H3. The molecule has 1 aliphatic heterocycles. The van der Waals surface area contributed by atoms with Crippen LogP contribution in [0, 0.1) is 13.8 Å². The first-order chi connectivity index (χ1) is 14.0. The third-order valence-electron chi connectivity index (χ3n) is 4.85. The van der Waals surface area contributed by atoms with Gasteiger partial charge in [-0.1, -0.05) is 12.1 Å². The monoisotopic (exact) mass is 452 g/mol. The molecule has 0 atom stereocenters. The summed E-state index contributed by atoms with van der Waals surface area (Å²) >= 11 is 0. The van der Waals surface area contributed by atoms with Crippen LogP contribution in [-0.4, -0.2) is 35.2 Å². The first kappa shape index (κ1) is 22.4. The molecular formula is C21H28N2O5S2. The summed E-state index contributed by atoms with van der Waals surface area (Å²) < 4.78 is 61.0. The molecule has 1 N–H and O–H groups in total. The SMILES string of the molecule is Cc1cc(N2CCCCS2(=O)=O)cc(C)c1S(=O)(=O)Nc1ccccc1OC(C)C. The van der Waals surface area contributed by atoms with Crippen LogP contribution in [0.4, 0.5) is 11.4 Å². The van der Waals surface area contributed by atoms with Crippen LogP contribution in [0.2, 0.25) is 0 Å². The highest BCUT2D eigenvalue weighted by atomic mass is 32.2. The summed E-state index contributed by atoms with van der Waals surface area (Å²) in [5.74, 6) is 0.557. The van der Waals surface area contributed by atoms with Crippen molar-refractivity contribution in [3.05, 3.63) is 47.5 Å². The van der Waals surface area contributed by atoms with Gasteiger partial charge in [0, 0.05) is 6.54 Å². The van der Waals surface area contributed by atoms with Crippen LogP contribution in [0.5, 0.6) is 5.75 Å². The Morgan fingerprint density at radius 2 is 1.70 bits per heavy atom. The van der Waals surface area contributed by atoms with Crippen LogP contribution in [0.1, 0.15) is 37.8 Å². The molecule has 0 spiro atoms. The summed E-state index contributed by atoms with van der Waals surface area (Å²) in [5.41, 5.74) is 1.83. The van der Waals surface area contributed by atoms with Gasteiger partial charge >= 0.3 is 0 Å². The Bertz CT molecular complexity index is 1120. The lowest BCUT2D eigenvalue weighted by Crippen LogP contribution is -2.38. The molecule has 2 aromatic rings. The van der Waals surface area contributed by atoms with E-state index in [1.807, 2.05) is 13.8 Å². The largest absolute Gasteiger partial charge is 0.489 e. The molecule has 7 nitrogen and oxygen atoms in total. The molecule has 1 aliphatic rings. The van der Waals surface area contributed by atoms with Crippen LogP contribution >= 0.6 is 0 Å². The molecule has 2 aromatic carbocycles. The third-order valence-corrected chi connectivity index (χ3v) is 8.38. The molecule has 0 unspecified atom stereocenters. The molecule has 9 heteroatoms. The van der Waals surface area contributed by atoms with E-state index in [0.29, 0.717) is 41.2 Å². The minimum Gasteiger partial charge on any atom is -0.489 e. The third kappa shape index (κ3) is 4.73. The van der Waals surface area contributed by atoms with Crippen molar-refractivity contribution in [3.63, 3.8) is 0 Å². The van der Waals surface area contributed by atoms with E-state index in [-0.39, 0.29) is 16.8 Å². The van der Waals surface area contributed by atoms with E-state index in [4.69, 9.17) is 4.74 Å². The van der Waals surface area contributed by atoms with Crippen molar-refractivity contribution >= 4 is 31.4 Å². The molecule has 0 aliphatic carbocycles. The predicted molar refractivity (Wildman–Crippen MR) is 119 cm³/mol. The van der Waals surface area contributed by atoms with Crippen LogP contribution in [0.25, 0.3) is 0 Å². The highest BCUT2D eigenvalue weighted by molar-refractivity contribution is 7.93. The molecule has 0 bridgehead atoms. The van der Waals surface area contributed by atoms with Crippen LogP contribution in [-0.2, 0) is 20.0 Å². The first-order valence-corrected chi connectivity index (χ1v) is 13.0. The average Bonchev–Trinajstić information content (AvgIpc) is 2.61. The van der Waals surface area contributed by atoms with Crippen LogP contribution < -0.4 is 13.8 Å². The summed E-state index contributed by atoms with van der Waals surface area (Å²) in [6.07, 6.45) is 1.32. The second kappa shape index (κ2) is 8.47. The summed E-state index contributed by atoms with van der Waals surface area (Å²) in [5, 5.41) is 0. The Morgan fingerprint density at radius 1 is 1.07 bits per heavy atom. The Hall–Kier alpha value is -2.26. The number of nitrogens with zero attached hydrogens (tertiary/aromatic N) is 1. The van der Waals surface area contributed by atoms with Crippen molar-refractivity contribution in [2.75, 3.05) is 21.3 Å². The van der Waals surface area contributed by atoms with E-state index in [2.05, 4.69) is 4.72 Å². The quantitative estimate of drug-likeness (QED) is 0.719. The highest BCUT2D eigenvalue weighted by Gasteiger charge is 2.28. The van der Waals surface area contributed by atoms with Crippen molar-refractivity contribution in [1.29, 1.82) is 0 Å². The van der Waals surface area contributed by atoms with E-state index in [0.717, 1.165) is 6.42 Å². The lowest BCUT2D eigenvalue weighted by atomic mass is 10.1. The summed E-state index contributed by atoms with van der Waals surface area (Å²) in [4.78, 5) is 0.139. The highest BCUT2D eigenvalue weighted by Crippen LogP contribution is 2.33. The zero-order valence-electron chi connectivity index (χ0n) is 17.7. The molecular weight excluding hydrogens is 424 g/mol. The molecule has 1 fully saturated rings. The number of rotatable bonds is 6. The normalized spacial score (nSPS) is 16.5. The maximum Gasteiger partial charge on any atom is 0.262 e. The molecule has 3 rings (SSSR count). The Morgan fingerprint density at radius 3 is 2.30 bits per heavy atom. The number of benzene rings is 2. The molecule has 164 valence electrons. The lowest BCUT2D eigenvalue weighted by Gasteiger charge is -2.29. The summed E-state index contributed by atoms with van der Waals surface area (Å²) in [6, 6.07) is 10.1. The van der Waals surface area contributed by atoms with E-state index >= 15 is 0 Å². The number of ether oxygens (including phenoxy) is 1. The molecule has 30 heavy (non-hydrogen) atoms. The second-order valence-corrected chi connectivity index (χ2v) is 11.4. The number of hydrogen-bond acceptors (Lipinski definition) is 5.